The molecule has 16 heavy (non-hydrogen) atoms. The number of pyridine rings is 1. The standard InChI is InChI=1S/C7H6F3NO4S/c1-4-5(2-3-11-6(4)12)15-16(13,14)7(8,9)10/h2-3H,1H3,(H,11,12). The van der Waals surface area contributed by atoms with Crippen LogP contribution in [0.15, 0.2) is 17.1 Å². The van der Waals surface area contributed by atoms with Crippen LogP contribution in [0.5, 0.6) is 5.75 Å². The van der Waals surface area contributed by atoms with E-state index < -0.39 is 26.9 Å². The summed E-state index contributed by atoms with van der Waals surface area (Å²) < 4.78 is 60.9. The average molecular weight is 257 g/mol. The fourth-order valence-electron chi connectivity index (χ4n) is 0.794. The lowest BCUT2D eigenvalue weighted by Gasteiger charge is -2.10. The van der Waals surface area contributed by atoms with E-state index >= 15 is 0 Å². The highest BCUT2D eigenvalue weighted by molar-refractivity contribution is 7.88. The maximum Gasteiger partial charge on any atom is 0.534 e. The van der Waals surface area contributed by atoms with Gasteiger partial charge in [-0.1, -0.05) is 0 Å². The van der Waals surface area contributed by atoms with Gasteiger partial charge in [-0.25, -0.2) is 0 Å². The Morgan fingerprint density at radius 1 is 1.38 bits per heavy atom. The Morgan fingerprint density at radius 3 is 2.44 bits per heavy atom. The van der Waals surface area contributed by atoms with Crippen molar-refractivity contribution < 1.29 is 25.8 Å². The molecule has 0 spiro atoms. The quantitative estimate of drug-likeness (QED) is 0.631. The third kappa shape index (κ3) is 2.35. The number of hydrogen-bond acceptors (Lipinski definition) is 4. The Balaban J connectivity index is 3.17. The van der Waals surface area contributed by atoms with Gasteiger partial charge in [0, 0.05) is 6.20 Å². The van der Waals surface area contributed by atoms with Crippen LogP contribution < -0.4 is 9.74 Å². The van der Waals surface area contributed by atoms with Crippen molar-refractivity contribution in [2.75, 3.05) is 0 Å². The Morgan fingerprint density at radius 2 is 1.94 bits per heavy atom. The smallest absolute Gasteiger partial charge is 0.375 e. The van der Waals surface area contributed by atoms with E-state index in [4.69, 9.17) is 0 Å². The number of aromatic amines is 1. The molecule has 1 rings (SSSR count). The van der Waals surface area contributed by atoms with E-state index in [0.717, 1.165) is 19.2 Å². The summed E-state index contributed by atoms with van der Waals surface area (Å²) in [5.41, 5.74) is -6.51. The zero-order valence-corrected chi connectivity index (χ0v) is 8.65. The minimum absolute atomic E-state index is 0.254. The second-order valence-corrected chi connectivity index (χ2v) is 4.32. The van der Waals surface area contributed by atoms with E-state index in [1.807, 2.05) is 0 Å². The lowest BCUT2D eigenvalue weighted by molar-refractivity contribution is -0.0500. The van der Waals surface area contributed by atoms with Crippen molar-refractivity contribution in [1.29, 1.82) is 0 Å². The van der Waals surface area contributed by atoms with Crippen LogP contribution in [0.1, 0.15) is 5.56 Å². The molecule has 1 aromatic rings. The summed E-state index contributed by atoms with van der Waals surface area (Å²) >= 11 is 0. The van der Waals surface area contributed by atoms with Crippen LogP contribution in [0, 0.1) is 6.92 Å². The third-order valence-corrected chi connectivity index (χ3v) is 2.61. The summed E-state index contributed by atoms with van der Waals surface area (Å²) in [5, 5.41) is 0. The average Bonchev–Trinajstić information content (AvgIpc) is 2.11. The highest BCUT2D eigenvalue weighted by atomic mass is 32.2. The number of halogens is 3. The maximum absolute atomic E-state index is 12.0. The molecule has 0 bridgehead atoms. The molecule has 0 unspecified atom stereocenters. The predicted molar refractivity (Wildman–Crippen MR) is 47.4 cm³/mol. The first-order valence-electron chi connectivity index (χ1n) is 3.84. The van der Waals surface area contributed by atoms with Gasteiger partial charge in [-0.15, -0.1) is 0 Å². The van der Waals surface area contributed by atoms with Crippen molar-refractivity contribution in [3.63, 3.8) is 0 Å². The summed E-state index contributed by atoms with van der Waals surface area (Å²) in [6, 6.07) is 0.917. The number of alkyl halides is 3. The van der Waals surface area contributed by atoms with Crippen molar-refractivity contribution in [3.8, 4) is 5.75 Å². The van der Waals surface area contributed by atoms with Gasteiger partial charge in [0.15, 0.2) is 5.75 Å². The van der Waals surface area contributed by atoms with E-state index in [0.29, 0.717) is 0 Å². The number of rotatable bonds is 2. The molecule has 1 aromatic heterocycles. The molecule has 0 aliphatic carbocycles. The van der Waals surface area contributed by atoms with Gasteiger partial charge in [0.2, 0.25) is 0 Å². The number of nitrogens with one attached hydrogen (secondary N) is 1. The largest absolute Gasteiger partial charge is 0.534 e. The summed E-state index contributed by atoms with van der Waals surface area (Å²) in [6.45, 7) is 1.14. The van der Waals surface area contributed by atoms with Crippen LogP contribution >= 0.6 is 0 Å². The number of H-pyrrole nitrogens is 1. The molecule has 90 valence electrons. The molecule has 0 saturated heterocycles. The van der Waals surface area contributed by atoms with Crippen molar-refractivity contribution in [3.05, 3.63) is 28.2 Å². The van der Waals surface area contributed by atoms with Gasteiger partial charge < -0.3 is 9.17 Å². The summed E-state index contributed by atoms with van der Waals surface area (Å²) in [6.07, 6.45) is 0.983. The van der Waals surface area contributed by atoms with Crippen LogP contribution in [0.3, 0.4) is 0 Å². The molecule has 0 aliphatic heterocycles. The normalized spacial score (nSPS) is 12.5. The van der Waals surface area contributed by atoms with Gasteiger partial charge in [-0.3, -0.25) is 4.79 Å². The van der Waals surface area contributed by atoms with E-state index in [9.17, 15) is 26.4 Å². The zero-order valence-electron chi connectivity index (χ0n) is 7.83. The Labute approximate surface area is 88.0 Å². The lowest BCUT2D eigenvalue weighted by atomic mass is 10.3. The summed E-state index contributed by atoms with van der Waals surface area (Å²) in [4.78, 5) is 13.1. The first-order chi connectivity index (χ1) is 7.15. The Hall–Kier alpha value is -1.51. The van der Waals surface area contributed by atoms with Crippen molar-refractivity contribution in [1.82, 2.24) is 4.98 Å². The van der Waals surface area contributed by atoms with Gasteiger partial charge >= 0.3 is 15.6 Å². The fourth-order valence-corrected chi connectivity index (χ4v) is 1.31. The van der Waals surface area contributed by atoms with E-state index in [1.165, 1.54) is 0 Å². The predicted octanol–water partition coefficient (Wildman–Crippen LogP) is 0.912. The zero-order chi connectivity index (χ0) is 12.6. The van der Waals surface area contributed by atoms with Crippen LogP contribution in [-0.4, -0.2) is 18.9 Å². The molecule has 1 heterocycles. The SMILES string of the molecule is Cc1c(OS(=O)(=O)C(F)(F)F)cc[nH]c1=O. The highest BCUT2D eigenvalue weighted by Gasteiger charge is 2.48. The van der Waals surface area contributed by atoms with Crippen LogP contribution in [0.2, 0.25) is 0 Å². The second-order valence-electron chi connectivity index (χ2n) is 2.78. The molecule has 0 atom stereocenters. The minimum Gasteiger partial charge on any atom is -0.375 e. The fraction of sp³-hybridized carbons (Fsp3) is 0.286. The molecule has 0 amide bonds. The van der Waals surface area contributed by atoms with Crippen LogP contribution in [0.25, 0.3) is 0 Å². The lowest BCUT2D eigenvalue weighted by Crippen LogP contribution is -2.29. The minimum atomic E-state index is -5.74. The van der Waals surface area contributed by atoms with Crippen molar-refractivity contribution in [2.24, 2.45) is 0 Å². The van der Waals surface area contributed by atoms with E-state index in [2.05, 4.69) is 9.17 Å². The van der Waals surface area contributed by atoms with E-state index in [-0.39, 0.29) is 5.56 Å². The molecule has 0 aromatic carbocycles. The van der Waals surface area contributed by atoms with Crippen molar-refractivity contribution in [2.45, 2.75) is 12.4 Å². The molecular weight excluding hydrogens is 251 g/mol. The molecule has 0 aliphatic rings. The highest BCUT2D eigenvalue weighted by Crippen LogP contribution is 2.27. The first-order valence-corrected chi connectivity index (χ1v) is 5.25. The molecule has 0 fully saturated rings. The van der Waals surface area contributed by atoms with Crippen LogP contribution in [-0.2, 0) is 10.1 Å². The van der Waals surface area contributed by atoms with E-state index in [1.54, 1.807) is 0 Å². The molecule has 0 saturated carbocycles. The topological polar surface area (TPSA) is 76.2 Å². The molecule has 9 heteroatoms. The first kappa shape index (κ1) is 12.6. The summed E-state index contributed by atoms with van der Waals surface area (Å²) in [7, 11) is -5.74. The number of aromatic nitrogens is 1. The maximum atomic E-state index is 12.0. The Kier molecular flexibility index (Phi) is 2.99. The molecule has 5 nitrogen and oxygen atoms in total. The monoisotopic (exact) mass is 257 g/mol. The summed E-state index contributed by atoms with van der Waals surface area (Å²) in [5.74, 6) is -0.652. The Bertz CT molecular complexity index is 545. The molecular formula is C7H6F3NO4S. The second kappa shape index (κ2) is 3.81. The van der Waals surface area contributed by atoms with Gasteiger partial charge in [0.25, 0.3) is 5.56 Å². The van der Waals surface area contributed by atoms with Gasteiger partial charge in [-0.2, -0.15) is 21.6 Å². The van der Waals surface area contributed by atoms with Crippen molar-refractivity contribution >= 4 is 10.1 Å². The van der Waals surface area contributed by atoms with Gasteiger partial charge in [0.05, 0.1) is 5.56 Å². The third-order valence-electron chi connectivity index (χ3n) is 1.64. The van der Waals surface area contributed by atoms with Gasteiger partial charge in [0.1, 0.15) is 0 Å². The molecule has 0 radical (unpaired) electrons. The number of hydrogen-bond donors (Lipinski definition) is 1. The van der Waals surface area contributed by atoms with Gasteiger partial charge in [-0.05, 0) is 13.0 Å². The molecule has 1 N–H and O–H groups in total. The van der Waals surface area contributed by atoms with Crippen LogP contribution in [0.4, 0.5) is 13.2 Å².